The summed E-state index contributed by atoms with van der Waals surface area (Å²) in [5.74, 6) is -0.318. The van der Waals surface area contributed by atoms with E-state index in [9.17, 15) is 18.0 Å². The lowest BCUT2D eigenvalue weighted by molar-refractivity contribution is -0.274. The van der Waals surface area contributed by atoms with Crippen LogP contribution in [0.3, 0.4) is 0 Å². The maximum atomic E-state index is 12.9. The Labute approximate surface area is 198 Å². The number of halogens is 4. The van der Waals surface area contributed by atoms with Crippen LogP contribution in [0, 0.1) is 0 Å². The minimum absolute atomic E-state index is 0.167. The molecule has 0 aliphatic rings. The Bertz CT molecular complexity index is 1370. The van der Waals surface area contributed by atoms with Crippen LogP contribution in [0.15, 0.2) is 59.4 Å². The number of pyridine rings is 1. The standard InChI is InChI=1S/C24H22ClF3N4O2/c1-23(2,3)20-19-12-14(13-29-16-6-10-18(11-7-16)34-24(26,27)28)22(33)30-21(19)32(31-20)17-8-4-15(25)5-9-17/h4-12,29H,13H2,1-3H3,(H,30,33). The first-order chi connectivity index (χ1) is 15.9. The largest absolute Gasteiger partial charge is 0.573 e. The Morgan fingerprint density at radius 3 is 2.29 bits per heavy atom. The summed E-state index contributed by atoms with van der Waals surface area (Å²) in [6.07, 6.45) is -4.75. The molecule has 34 heavy (non-hydrogen) atoms. The van der Waals surface area contributed by atoms with Gasteiger partial charge in [0.1, 0.15) is 11.4 Å². The van der Waals surface area contributed by atoms with Gasteiger partial charge in [0.2, 0.25) is 0 Å². The molecule has 0 aliphatic heterocycles. The number of hydrogen-bond donors (Lipinski definition) is 2. The van der Waals surface area contributed by atoms with E-state index in [-0.39, 0.29) is 23.3 Å². The highest BCUT2D eigenvalue weighted by Gasteiger charge is 2.31. The summed E-state index contributed by atoms with van der Waals surface area (Å²) in [6, 6.07) is 14.3. The van der Waals surface area contributed by atoms with Crippen molar-refractivity contribution in [3.63, 3.8) is 0 Å². The molecule has 4 aromatic rings. The Kier molecular flexibility index (Phi) is 6.07. The number of rotatable bonds is 5. The molecule has 178 valence electrons. The lowest BCUT2D eigenvalue weighted by atomic mass is 9.90. The average molecular weight is 491 g/mol. The highest BCUT2D eigenvalue weighted by molar-refractivity contribution is 6.30. The zero-order valence-corrected chi connectivity index (χ0v) is 19.4. The predicted molar refractivity (Wildman–Crippen MR) is 126 cm³/mol. The van der Waals surface area contributed by atoms with Crippen LogP contribution in [0.2, 0.25) is 5.02 Å². The fourth-order valence-electron chi connectivity index (χ4n) is 3.54. The molecule has 2 N–H and O–H groups in total. The average Bonchev–Trinajstić information content (AvgIpc) is 3.11. The molecule has 0 radical (unpaired) electrons. The molecule has 0 atom stereocenters. The number of aromatic nitrogens is 3. The molecule has 4 rings (SSSR count). The molecular weight excluding hydrogens is 469 g/mol. The van der Waals surface area contributed by atoms with Crippen molar-refractivity contribution in [3.8, 4) is 11.4 Å². The van der Waals surface area contributed by atoms with Crippen molar-refractivity contribution in [1.29, 1.82) is 0 Å². The smallest absolute Gasteiger partial charge is 0.406 e. The van der Waals surface area contributed by atoms with Gasteiger partial charge in [-0.25, -0.2) is 4.68 Å². The van der Waals surface area contributed by atoms with Crippen LogP contribution in [0.1, 0.15) is 32.0 Å². The van der Waals surface area contributed by atoms with Crippen molar-refractivity contribution in [3.05, 3.63) is 81.2 Å². The first-order valence-corrected chi connectivity index (χ1v) is 10.8. The van der Waals surface area contributed by atoms with Gasteiger partial charge in [-0.1, -0.05) is 32.4 Å². The van der Waals surface area contributed by atoms with Gasteiger partial charge in [0.25, 0.3) is 5.56 Å². The van der Waals surface area contributed by atoms with Gasteiger partial charge < -0.3 is 15.0 Å². The highest BCUT2D eigenvalue weighted by Crippen LogP contribution is 2.30. The third-order valence-electron chi connectivity index (χ3n) is 5.12. The molecule has 10 heteroatoms. The molecule has 6 nitrogen and oxygen atoms in total. The third kappa shape index (κ3) is 5.20. The van der Waals surface area contributed by atoms with Crippen LogP contribution in [0.25, 0.3) is 16.7 Å². The van der Waals surface area contributed by atoms with Crippen molar-refractivity contribution in [2.75, 3.05) is 5.32 Å². The van der Waals surface area contributed by atoms with Crippen molar-refractivity contribution < 1.29 is 17.9 Å². The van der Waals surface area contributed by atoms with Crippen LogP contribution in [-0.4, -0.2) is 21.1 Å². The molecule has 2 aromatic carbocycles. The maximum Gasteiger partial charge on any atom is 0.573 e. The molecular formula is C24H22ClF3N4O2. The number of anilines is 1. The number of fused-ring (bicyclic) bond motifs is 1. The molecule has 0 amide bonds. The maximum absolute atomic E-state index is 12.9. The number of hydrogen-bond acceptors (Lipinski definition) is 4. The van der Waals surface area contributed by atoms with Crippen LogP contribution < -0.4 is 15.6 Å². The molecule has 0 aliphatic carbocycles. The normalized spacial score (nSPS) is 12.2. The van der Waals surface area contributed by atoms with E-state index in [1.807, 2.05) is 32.9 Å². The summed E-state index contributed by atoms with van der Waals surface area (Å²) < 4.78 is 42.6. The summed E-state index contributed by atoms with van der Waals surface area (Å²) in [7, 11) is 0. The van der Waals surface area contributed by atoms with Crippen LogP contribution in [0.4, 0.5) is 18.9 Å². The number of nitrogens with zero attached hydrogens (tertiary/aromatic N) is 2. The Hall–Kier alpha value is -3.46. The van der Waals surface area contributed by atoms with E-state index in [4.69, 9.17) is 16.7 Å². The second-order valence-electron chi connectivity index (χ2n) is 8.80. The first kappa shape index (κ1) is 23.7. The van der Waals surface area contributed by atoms with Gasteiger partial charge in [0, 0.05) is 33.6 Å². The van der Waals surface area contributed by atoms with Crippen LogP contribution in [-0.2, 0) is 12.0 Å². The number of nitrogens with one attached hydrogen (secondary N) is 2. The minimum atomic E-state index is -4.75. The minimum Gasteiger partial charge on any atom is -0.406 e. The monoisotopic (exact) mass is 490 g/mol. The zero-order chi connectivity index (χ0) is 24.7. The Morgan fingerprint density at radius 2 is 1.71 bits per heavy atom. The van der Waals surface area contributed by atoms with Crippen molar-refractivity contribution in [1.82, 2.24) is 14.8 Å². The van der Waals surface area contributed by atoms with Gasteiger partial charge in [0.15, 0.2) is 0 Å². The SMILES string of the molecule is CC(C)(C)c1nn(-c2ccc(Cl)cc2)c2[nH]c(=O)c(CNc3ccc(OC(F)(F)F)cc3)cc12. The van der Waals surface area contributed by atoms with Crippen molar-refractivity contribution >= 4 is 28.3 Å². The van der Waals surface area contributed by atoms with Gasteiger partial charge in [-0.3, -0.25) is 4.79 Å². The molecule has 0 saturated heterocycles. The van der Waals surface area contributed by atoms with E-state index in [0.717, 1.165) is 16.8 Å². The molecule has 2 aromatic heterocycles. The van der Waals surface area contributed by atoms with E-state index in [1.54, 1.807) is 22.9 Å². The summed E-state index contributed by atoms with van der Waals surface area (Å²) in [5, 5.41) is 9.23. The molecule has 0 saturated carbocycles. The zero-order valence-electron chi connectivity index (χ0n) is 18.6. The molecule has 0 bridgehead atoms. The van der Waals surface area contributed by atoms with Crippen molar-refractivity contribution in [2.45, 2.75) is 39.1 Å². The van der Waals surface area contributed by atoms with Gasteiger partial charge in [-0.15, -0.1) is 13.2 Å². The fourth-order valence-corrected chi connectivity index (χ4v) is 3.67. The van der Waals surface area contributed by atoms with E-state index in [2.05, 4.69) is 15.0 Å². The van der Waals surface area contributed by atoms with Crippen LogP contribution >= 0.6 is 11.6 Å². The number of ether oxygens (including phenoxy) is 1. The first-order valence-electron chi connectivity index (χ1n) is 10.4. The van der Waals surface area contributed by atoms with E-state index in [1.165, 1.54) is 24.3 Å². The van der Waals surface area contributed by atoms with Gasteiger partial charge in [-0.05, 0) is 54.6 Å². The van der Waals surface area contributed by atoms with Gasteiger partial charge >= 0.3 is 6.36 Å². The quantitative estimate of drug-likeness (QED) is 0.350. The van der Waals surface area contributed by atoms with E-state index in [0.29, 0.717) is 21.9 Å². The van der Waals surface area contributed by atoms with E-state index < -0.39 is 6.36 Å². The second-order valence-corrected chi connectivity index (χ2v) is 9.23. The summed E-state index contributed by atoms with van der Waals surface area (Å²) >= 11 is 6.01. The predicted octanol–water partition coefficient (Wildman–Crippen LogP) is 6.18. The number of aromatic amines is 1. The molecule has 0 unspecified atom stereocenters. The molecule has 0 spiro atoms. The number of benzene rings is 2. The van der Waals surface area contributed by atoms with Crippen molar-refractivity contribution in [2.24, 2.45) is 0 Å². The topological polar surface area (TPSA) is 71.9 Å². The Balaban J connectivity index is 1.66. The van der Waals surface area contributed by atoms with Gasteiger partial charge in [-0.2, -0.15) is 5.10 Å². The lowest BCUT2D eigenvalue weighted by Gasteiger charge is -2.15. The van der Waals surface area contributed by atoms with Gasteiger partial charge in [0.05, 0.1) is 11.4 Å². The number of H-pyrrole nitrogens is 1. The highest BCUT2D eigenvalue weighted by atomic mass is 35.5. The van der Waals surface area contributed by atoms with E-state index >= 15 is 0 Å². The number of alkyl halides is 3. The summed E-state index contributed by atoms with van der Waals surface area (Å²) in [5.41, 5.74) is 2.54. The summed E-state index contributed by atoms with van der Waals surface area (Å²) in [6.45, 7) is 6.28. The second kappa shape index (κ2) is 8.72. The van der Waals surface area contributed by atoms with Crippen LogP contribution in [0.5, 0.6) is 5.75 Å². The third-order valence-corrected chi connectivity index (χ3v) is 5.37. The summed E-state index contributed by atoms with van der Waals surface area (Å²) in [4.78, 5) is 15.8. The molecule has 2 heterocycles. The fraction of sp³-hybridized carbons (Fsp3) is 0.250. The molecule has 0 fully saturated rings. The lowest BCUT2D eigenvalue weighted by Crippen LogP contribution is -2.17. The Morgan fingerprint density at radius 1 is 1.06 bits per heavy atom.